The molecule has 1 aliphatic rings. The van der Waals surface area contributed by atoms with Crippen LogP contribution in [0.4, 0.5) is 5.69 Å². The normalized spacial score (nSPS) is 15.0. The molecule has 138 valence electrons. The summed E-state index contributed by atoms with van der Waals surface area (Å²) in [6, 6.07) is 7.68. The first-order valence-electron chi connectivity index (χ1n) is 8.41. The number of sulfonamides is 1. The van der Waals surface area contributed by atoms with Crippen LogP contribution in [0.3, 0.4) is 0 Å². The number of benzene rings is 1. The summed E-state index contributed by atoms with van der Waals surface area (Å²) in [7, 11) is -2.38. The number of ether oxygens (including phenoxy) is 1. The van der Waals surface area contributed by atoms with Crippen LogP contribution >= 0.6 is 0 Å². The van der Waals surface area contributed by atoms with Gasteiger partial charge >= 0.3 is 0 Å². The summed E-state index contributed by atoms with van der Waals surface area (Å²) in [5, 5.41) is 2.69. The number of carbonyl (C=O) groups excluding carboxylic acids is 1. The number of carbonyl (C=O) groups is 1. The van der Waals surface area contributed by atoms with Crippen LogP contribution in [-0.4, -0.2) is 32.5 Å². The Hall–Kier alpha value is -2.45. The molecule has 0 saturated heterocycles. The fourth-order valence-corrected chi connectivity index (χ4v) is 4.49. The molecule has 1 saturated carbocycles. The summed E-state index contributed by atoms with van der Waals surface area (Å²) in [4.78, 5) is 16.3. The maximum atomic E-state index is 12.8. The average molecular weight is 375 g/mol. The predicted octanol–water partition coefficient (Wildman–Crippen LogP) is 2.56. The quantitative estimate of drug-likeness (QED) is 0.809. The second-order valence-corrected chi connectivity index (χ2v) is 7.85. The van der Waals surface area contributed by atoms with Crippen molar-refractivity contribution in [3.63, 3.8) is 0 Å². The average Bonchev–Trinajstić information content (AvgIpc) is 3.14. The van der Waals surface area contributed by atoms with Gasteiger partial charge in [0.15, 0.2) is 0 Å². The highest BCUT2D eigenvalue weighted by Gasteiger charge is 2.26. The summed E-state index contributed by atoms with van der Waals surface area (Å²) in [6.45, 7) is 0. The van der Waals surface area contributed by atoms with Crippen LogP contribution in [0.15, 0.2) is 47.6 Å². The fourth-order valence-electron chi connectivity index (χ4n) is 2.99. The largest absolute Gasteiger partial charge is 0.495 e. The number of rotatable bonds is 6. The number of amides is 1. The van der Waals surface area contributed by atoms with Gasteiger partial charge in [0.2, 0.25) is 10.0 Å². The van der Waals surface area contributed by atoms with Crippen LogP contribution in [0.25, 0.3) is 0 Å². The van der Waals surface area contributed by atoms with Gasteiger partial charge in [-0.15, -0.1) is 0 Å². The van der Waals surface area contributed by atoms with Crippen LogP contribution in [0.2, 0.25) is 0 Å². The van der Waals surface area contributed by atoms with Crippen LogP contribution in [0.5, 0.6) is 5.75 Å². The Labute approximate surface area is 152 Å². The molecule has 1 aliphatic carbocycles. The Bertz CT molecular complexity index is 879. The number of nitrogens with zero attached hydrogens (tertiary/aromatic N) is 1. The van der Waals surface area contributed by atoms with Crippen molar-refractivity contribution >= 4 is 21.6 Å². The van der Waals surface area contributed by atoms with Crippen molar-refractivity contribution in [2.24, 2.45) is 0 Å². The summed E-state index contributed by atoms with van der Waals surface area (Å²) >= 11 is 0. The van der Waals surface area contributed by atoms with E-state index in [0.717, 1.165) is 25.7 Å². The summed E-state index contributed by atoms with van der Waals surface area (Å²) in [5.41, 5.74) is 0.753. The lowest BCUT2D eigenvalue weighted by Crippen LogP contribution is -2.33. The molecule has 1 amide bonds. The molecule has 8 heteroatoms. The highest BCUT2D eigenvalue weighted by Crippen LogP contribution is 2.27. The summed E-state index contributed by atoms with van der Waals surface area (Å²) in [5.74, 6) is -0.216. The van der Waals surface area contributed by atoms with E-state index in [0.29, 0.717) is 5.69 Å². The van der Waals surface area contributed by atoms with Crippen LogP contribution in [-0.2, 0) is 10.0 Å². The number of anilines is 1. The monoisotopic (exact) mass is 375 g/mol. The van der Waals surface area contributed by atoms with Gasteiger partial charge in [-0.1, -0.05) is 12.8 Å². The van der Waals surface area contributed by atoms with Crippen molar-refractivity contribution in [1.82, 2.24) is 9.71 Å². The Morgan fingerprint density at radius 3 is 2.65 bits per heavy atom. The summed E-state index contributed by atoms with van der Waals surface area (Å²) < 4.78 is 33.4. The van der Waals surface area contributed by atoms with Gasteiger partial charge in [0.05, 0.1) is 19.0 Å². The van der Waals surface area contributed by atoms with Crippen molar-refractivity contribution in [3.8, 4) is 5.75 Å². The van der Waals surface area contributed by atoms with Gasteiger partial charge in [-0.2, -0.15) is 0 Å². The lowest BCUT2D eigenvalue weighted by molar-refractivity contribution is 0.102. The molecule has 1 heterocycles. The van der Waals surface area contributed by atoms with E-state index in [1.165, 1.54) is 31.5 Å². The lowest BCUT2D eigenvalue weighted by atomic mass is 10.2. The van der Waals surface area contributed by atoms with Crippen molar-refractivity contribution in [1.29, 1.82) is 0 Å². The highest BCUT2D eigenvalue weighted by atomic mass is 32.2. The Balaban J connectivity index is 1.87. The first kappa shape index (κ1) is 18.3. The van der Waals surface area contributed by atoms with Crippen LogP contribution in [0, 0.1) is 0 Å². The van der Waals surface area contributed by atoms with E-state index in [-0.39, 0.29) is 22.3 Å². The minimum atomic E-state index is -3.78. The standard InChI is InChI=1S/C18H21N3O4S/c1-25-16-9-8-13(18(22)20-15-7-4-10-19-12-15)11-17(16)26(23,24)21-14-5-2-3-6-14/h4,7-12,14,21H,2-3,5-6H2,1H3,(H,20,22). The molecule has 2 N–H and O–H groups in total. The third-order valence-corrected chi connectivity index (χ3v) is 5.85. The molecule has 0 bridgehead atoms. The van der Waals surface area contributed by atoms with Gasteiger partial charge in [0, 0.05) is 17.8 Å². The van der Waals surface area contributed by atoms with Gasteiger partial charge in [-0.3, -0.25) is 9.78 Å². The van der Waals surface area contributed by atoms with Crippen molar-refractivity contribution in [3.05, 3.63) is 48.3 Å². The zero-order valence-corrected chi connectivity index (χ0v) is 15.3. The van der Waals surface area contributed by atoms with E-state index >= 15 is 0 Å². The second kappa shape index (κ2) is 7.84. The molecule has 1 aromatic heterocycles. The molecule has 0 radical (unpaired) electrons. The zero-order chi connectivity index (χ0) is 18.6. The number of pyridine rings is 1. The number of hydrogen-bond donors (Lipinski definition) is 2. The maximum absolute atomic E-state index is 12.8. The van der Waals surface area contributed by atoms with E-state index in [9.17, 15) is 13.2 Å². The second-order valence-electron chi connectivity index (χ2n) is 6.16. The predicted molar refractivity (Wildman–Crippen MR) is 97.8 cm³/mol. The van der Waals surface area contributed by atoms with Crippen LogP contribution in [0.1, 0.15) is 36.0 Å². The Kier molecular flexibility index (Phi) is 5.53. The molecule has 0 aliphatic heterocycles. The summed E-state index contributed by atoms with van der Waals surface area (Å²) in [6.07, 6.45) is 6.78. The van der Waals surface area contributed by atoms with E-state index in [2.05, 4.69) is 15.0 Å². The van der Waals surface area contributed by atoms with E-state index in [1.54, 1.807) is 18.3 Å². The van der Waals surface area contributed by atoms with E-state index in [4.69, 9.17) is 4.74 Å². The fraction of sp³-hybridized carbons (Fsp3) is 0.333. The number of methoxy groups -OCH3 is 1. The molecule has 0 atom stereocenters. The van der Waals surface area contributed by atoms with Gasteiger partial charge in [0.1, 0.15) is 10.6 Å². The molecule has 1 fully saturated rings. The first-order chi connectivity index (χ1) is 12.5. The van der Waals surface area contributed by atoms with Crippen molar-refractivity contribution in [2.75, 3.05) is 12.4 Å². The molecule has 3 rings (SSSR count). The topological polar surface area (TPSA) is 97.4 Å². The zero-order valence-electron chi connectivity index (χ0n) is 14.4. The van der Waals surface area contributed by atoms with Gasteiger partial charge in [-0.25, -0.2) is 13.1 Å². The van der Waals surface area contributed by atoms with Crippen LogP contribution < -0.4 is 14.8 Å². The van der Waals surface area contributed by atoms with E-state index < -0.39 is 15.9 Å². The molecule has 0 spiro atoms. The van der Waals surface area contributed by atoms with Crippen molar-refractivity contribution < 1.29 is 17.9 Å². The van der Waals surface area contributed by atoms with Gasteiger partial charge < -0.3 is 10.1 Å². The molecule has 0 unspecified atom stereocenters. The minimum Gasteiger partial charge on any atom is -0.495 e. The number of aromatic nitrogens is 1. The third-order valence-electron chi connectivity index (χ3n) is 4.31. The minimum absolute atomic E-state index is 0.0364. The molecule has 1 aromatic carbocycles. The molecular formula is C18H21N3O4S. The van der Waals surface area contributed by atoms with Gasteiger partial charge in [0.25, 0.3) is 5.91 Å². The lowest BCUT2D eigenvalue weighted by Gasteiger charge is -2.15. The van der Waals surface area contributed by atoms with Crippen molar-refractivity contribution in [2.45, 2.75) is 36.6 Å². The van der Waals surface area contributed by atoms with E-state index in [1.807, 2.05) is 0 Å². The number of hydrogen-bond acceptors (Lipinski definition) is 5. The molecular weight excluding hydrogens is 354 g/mol. The maximum Gasteiger partial charge on any atom is 0.255 e. The number of nitrogens with one attached hydrogen (secondary N) is 2. The Morgan fingerprint density at radius 1 is 1.23 bits per heavy atom. The third kappa shape index (κ3) is 4.20. The molecule has 2 aromatic rings. The Morgan fingerprint density at radius 2 is 2.00 bits per heavy atom. The smallest absolute Gasteiger partial charge is 0.255 e. The SMILES string of the molecule is COc1ccc(C(=O)Nc2cccnc2)cc1S(=O)(=O)NC1CCCC1. The van der Waals surface area contributed by atoms with Gasteiger partial charge in [-0.05, 0) is 43.2 Å². The molecule has 26 heavy (non-hydrogen) atoms. The molecule has 7 nitrogen and oxygen atoms in total. The highest BCUT2D eigenvalue weighted by molar-refractivity contribution is 7.89. The first-order valence-corrected chi connectivity index (χ1v) is 9.89.